The van der Waals surface area contributed by atoms with Crippen LogP contribution in [0.1, 0.15) is 27.2 Å². The van der Waals surface area contributed by atoms with Crippen LogP contribution < -0.4 is 10.1 Å². The van der Waals surface area contributed by atoms with Crippen LogP contribution in [0.3, 0.4) is 0 Å². The van der Waals surface area contributed by atoms with E-state index in [0.29, 0.717) is 11.3 Å². The van der Waals surface area contributed by atoms with Crippen LogP contribution in [0.2, 0.25) is 0 Å². The van der Waals surface area contributed by atoms with E-state index >= 15 is 0 Å². The molecule has 1 heterocycles. The highest BCUT2D eigenvalue weighted by atomic mass is 16.5. The number of ether oxygens (including phenoxy) is 1. The molecule has 4 heteroatoms. The minimum absolute atomic E-state index is 0.248. The van der Waals surface area contributed by atoms with Gasteiger partial charge < -0.3 is 14.5 Å². The van der Waals surface area contributed by atoms with Gasteiger partial charge >= 0.3 is 0 Å². The number of hydrogen-bond acceptors (Lipinski definition) is 3. The zero-order valence-electron chi connectivity index (χ0n) is 13.7. The summed E-state index contributed by atoms with van der Waals surface area (Å²) in [5, 5.41) is 3.79. The maximum absolute atomic E-state index is 12.5. The molecule has 0 aliphatic rings. The summed E-state index contributed by atoms with van der Waals surface area (Å²) in [6.45, 7) is 5.88. The van der Waals surface area contributed by atoms with Crippen LogP contribution in [0.4, 0.5) is 5.69 Å². The molecular weight excluding hydrogens is 290 g/mol. The standard InChI is InChI=1S/C19H19NO3/c1-11-7-12(2)9-14(8-11)20-19(21)18-13(3)16-10-15(22-4)5-6-17(16)23-18/h5-10H,1-4H3,(H,20,21). The van der Waals surface area contributed by atoms with E-state index in [1.807, 2.05) is 51.1 Å². The lowest BCUT2D eigenvalue weighted by Crippen LogP contribution is -2.12. The van der Waals surface area contributed by atoms with Gasteiger partial charge in [0.25, 0.3) is 5.91 Å². The van der Waals surface area contributed by atoms with Crippen molar-refractivity contribution in [1.29, 1.82) is 0 Å². The van der Waals surface area contributed by atoms with Crippen molar-refractivity contribution < 1.29 is 13.9 Å². The number of anilines is 1. The zero-order chi connectivity index (χ0) is 16.6. The maximum Gasteiger partial charge on any atom is 0.291 e. The van der Waals surface area contributed by atoms with Gasteiger partial charge in [-0.3, -0.25) is 4.79 Å². The van der Waals surface area contributed by atoms with E-state index in [-0.39, 0.29) is 5.91 Å². The highest BCUT2D eigenvalue weighted by Crippen LogP contribution is 2.29. The third-order valence-electron chi connectivity index (χ3n) is 3.83. The van der Waals surface area contributed by atoms with Gasteiger partial charge in [0.2, 0.25) is 0 Å². The molecule has 0 aliphatic heterocycles. The minimum atomic E-state index is -0.248. The number of fused-ring (bicyclic) bond motifs is 1. The van der Waals surface area contributed by atoms with Gasteiger partial charge in [0, 0.05) is 16.6 Å². The molecule has 1 amide bonds. The third kappa shape index (κ3) is 2.93. The Hall–Kier alpha value is -2.75. The molecule has 3 rings (SSSR count). The molecular formula is C19H19NO3. The van der Waals surface area contributed by atoms with E-state index < -0.39 is 0 Å². The van der Waals surface area contributed by atoms with Crippen LogP contribution in [0.5, 0.6) is 5.75 Å². The SMILES string of the molecule is COc1ccc2oc(C(=O)Nc3cc(C)cc(C)c3)c(C)c2c1. The summed E-state index contributed by atoms with van der Waals surface area (Å²) in [4.78, 5) is 12.5. The van der Waals surface area contributed by atoms with Crippen LogP contribution in [-0.2, 0) is 0 Å². The fourth-order valence-corrected chi connectivity index (χ4v) is 2.78. The van der Waals surface area contributed by atoms with Gasteiger partial charge in [0.1, 0.15) is 11.3 Å². The fourth-order valence-electron chi connectivity index (χ4n) is 2.78. The smallest absolute Gasteiger partial charge is 0.291 e. The molecule has 0 saturated carbocycles. The minimum Gasteiger partial charge on any atom is -0.497 e. The van der Waals surface area contributed by atoms with Crippen LogP contribution in [0, 0.1) is 20.8 Å². The van der Waals surface area contributed by atoms with Crippen molar-refractivity contribution in [2.24, 2.45) is 0 Å². The number of aryl methyl sites for hydroxylation is 3. The van der Waals surface area contributed by atoms with Crippen molar-refractivity contribution in [2.75, 3.05) is 12.4 Å². The molecule has 0 bridgehead atoms. The predicted molar refractivity (Wildman–Crippen MR) is 91.4 cm³/mol. The number of hydrogen-bond donors (Lipinski definition) is 1. The topological polar surface area (TPSA) is 51.5 Å². The van der Waals surface area contributed by atoms with Crippen molar-refractivity contribution in [1.82, 2.24) is 0 Å². The molecule has 0 atom stereocenters. The van der Waals surface area contributed by atoms with Crippen LogP contribution in [0.25, 0.3) is 11.0 Å². The van der Waals surface area contributed by atoms with Gasteiger partial charge in [0.15, 0.2) is 5.76 Å². The van der Waals surface area contributed by atoms with Crippen molar-refractivity contribution in [2.45, 2.75) is 20.8 Å². The van der Waals surface area contributed by atoms with E-state index in [4.69, 9.17) is 9.15 Å². The zero-order valence-corrected chi connectivity index (χ0v) is 13.7. The summed E-state index contributed by atoms with van der Waals surface area (Å²) in [6.07, 6.45) is 0. The summed E-state index contributed by atoms with van der Waals surface area (Å²) in [6, 6.07) is 11.4. The van der Waals surface area contributed by atoms with Gasteiger partial charge in [-0.15, -0.1) is 0 Å². The van der Waals surface area contributed by atoms with Crippen molar-refractivity contribution in [3.8, 4) is 5.75 Å². The van der Waals surface area contributed by atoms with Gasteiger partial charge in [-0.1, -0.05) is 6.07 Å². The highest BCUT2D eigenvalue weighted by Gasteiger charge is 2.18. The molecule has 118 valence electrons. The number of methoxy groups -OCH3 is 1. The van der Waals surface area contributed by atoms with Gasteiger partial charge in [-0.05, 0) is 62.2 Å². The Morgan fingerprint density at radius 3 is 2.39 bits per heavy atom. The molecule has 4 nitrogen and oxygen atoms in total. The molecule has 0 radical (unpaired) electrons. The summed E-state index contributed by atoms with van der Waals surface area (Å²) in [5.74, 6) is 0.817. The van der Waals surface area contributed by atoms with E-state index in [1.165, 1.54) is 0 Å². The van der Waals surface area contributed by atoms with E-state index in [9.17, 15) is 4.79 Å². The van der Waals surface area contributed by atoms with Gasteiger partial charge in [-0.25, -0.2) is 0 Å². The molecule has 0 aliphatic carbocycles. The van der Waals surface area contributed by atoms with Crippen molar-refractivity contribution in [3.05, 3.63) is 58.8 Å². The number of nitrogens with one attached hydrogen (secondary N) is 1. The molecule has 2 aromatic carbocycles. The second-order valence-corrected chi connectivity index (χ2v) is 5.75. The quantitative estimate of drug-likeness (QED) is 0.768. The van der Waals surface area contributed by atoms with Crippen LogP contribution in [0.15, 0.2) is 40.8 Å². The lowest BCUT2D eigenvalue weighted by molar-refractivity contribution is 0.0998. The van der Waals surface area contributed by atoms with E-state index in [0.717, 1.165) is 33.5 Å². The number of carbonyl (C=O) groups is 1. The Morgan fingerprint density at radius 1 is 1.04 bits per heavy atom. The number of amides is 1. The lowest BCUT2D eigenvalue weighted by atomic mass is 10.1. The van der Waals surface area contributed by atoms with Crippen molar-refractivity contribution >= 4 is 22.6 Å². The molecule has 0 fully saturated rings. The normalized spacial score (nSPS) is 10.8. The Bertz CT molecular complexity index is 873. The molecule has 1 N–H and O–H groups in total. The van der Waals surface area contributed by atoms with E-state index in [2.05, 4.69) is 11.4 Å². The van der Waals surface area contributed by atoms with Gasteiger partial charge in [-0.2, -0.15) is 0 Å². The second kappa shape index (κ2) is 5.80. The Kier molecular flexibility index (Phi) is 3.82. The summed E-state index contributed by atoms with van der Waals surface area (Å²) >= 11 is 0. The number of carbonyl (C=O) groups excluding carboxylic acids is 1. The molecule has 23 heavy (non-hydrogen) atoms. The van der Waals surface area contributed by atoms with E-state index in [1.54, 1.807) is 7.11 Å². The Labute approximate surface area is 135 Å². The highest BCUT2D eigenvalue weighted by molar-refractivity contribution is 6.06. The first-order valence-electron chi connectivity index (χ1n) is 7.44. The fraction of sp³-hybridized carbons (Fsp3) is 0.211. The van der Waals surface area contributed by atoms with Crippen LogP contribution in [-0.4, -0.2) is 13.0 Å². The van der Waals surface area contributed by atoms with Gasteiger partial charge in [0.05, 0.1) is 7.11 Å². The average molecular weight is 309 g/mol. The summed E-state index contributed by atoms with van der Waals surface area (Å²) in [5.41, 5.74) is 4.46. The summed E-state index contributed by atoms with van der Waals surface area (Å²) in [7, 11) is 1.62. The Balaban J connectivity index is 1.96. The van der Waals surface area contributed by atoms with Crippen LogP contribution >= 0.6 is 0 Å². The second-order valence-electron chi connectivity index (χ2n) is 5.75. The largest absolute Gasteiger partial charge is 0.497 e. The monoisotopic (exact) mass is 309 g/mol. The Morgan fingerprint density at radius 2 is 1.74 bits per heavy atom. The number of benzene rings is 2. The number of rotatable bonds is 3. The molecule has 0 spiro atoms. The molecule has 1 aromatic heterocycles. The lowest BCUT2D eigenvalue weighted by Gasteiger charge is -2.06. The third-order valence-corrected chi connectivity index (χ3v) is 3.83. The van der Waals surface area contributed by atoms with Crippen molar-refractivity contribution in [3.63, 3.8) is 0 Å². The summed E-state index contributed by atoms with van der Waals surface area (Å²) < 4.78 is 11.0. The molecule has 3 aromatic rings. The first-order valence-corrected chi connectivity index (χ1v) is 7.44. The first-order chi connectivity index (χ1) is 11.0. The number of furan rings is 1. The average Bonchev–Trinajstić information content (AvgIpc) is 2.83. The molecule has 0 saturated heterocycles. The molecule has 0 unspecified atom stereocenters. The maximum atomic E-state index is 12.5. The first kappa shape index (κ1) is 15.2. The predicted octanol–water partition coefficient (Wildman–Crippen LogP) is 4.62.